The van der Waals surface area contributed by atoms with Gasteiger partial charge in [0.05, 0.1) is 12.6 Å². The van der Waals surface area contributed by atoms with Crippen LogP contribution in [-0.2, 0) is 13.0 Å². The molecule has 0 saturated carbocycles. The monoisotopic (exact) mass is 354 g/mol. The second-order valence-electron chi connectivity index (χ2n) is 8.21. The van der Waals surface area contributed by atoms with Crippen molar-refractivity contribution in [2.45, 2.75) is 59.2 Å². The molecule has 5 heteroatoms. The molecule has 0 aliphatic carbocycles. The molecule has 0 amide bonds. The summed E-state index contributed by atoms with van der Waals surface area (Å²) in [7, 11) is 0. The fourth-order valence-electron chi connectivity index (χ4n) is 3.56. The molecule has 26 heavy (non-hydrogen) atoms. The molecule has 1 aromatic heterocycles. The van der Waals surface area contributed by atoms with Gasteiger partial charge in [-0.3, -0.25) is 0 Å². The van der Waals surface area contributed by atoms with Crippen LogP contribution in [0.2, 0.25) is 0 Å². The minimum Gasteiger partial charge on any atom is -0.394 e. The Labute approximate surface area is 156 Å². The summed E-state index contributed by atoms with van der Waals surface area (Å²) in [6.45, 7) is 11.6. The van der Waals surface area contributed by atoms with Crippen LogP contribution in [0.3, 0.4) is 0 Å². The van der Waals surface area contributed by atoms with E-state index in [1.54, 1.807) is 0 Å². The first-order chi connectivity index (χ1) is 12.3. The largest absolute Gasteiger partial charge is 0.394 e. The Hall–Kier alpha value is -2.14. The maximum absolute atomic E-state index is 9.61. The number of fused-ring (bicyclic) bond motifs is 1. The molecule has 3 rings (SSSR count). The molecule has 2 N–H and O–H groups in total. The molecule has 0 bridgehead atoms. The van der Waals surface area contributed by atoms with Gasteiger partial charge in [-0.2, -0.15) is 4.98 Å². The van der Waals surface area contributed by atoms with Crippen LogP contribution >= 0.6 is 0 Å². The van der Waals surface area contributed by atoms with Gasteiger partial charge in [-0.1, -0.05) is 38.1 Å². The van der Waals surface area contributed by atoms with E-state index in [0.29, 0.717) is 11.9 Å². The van der Waals surface area contributed by atoms with Gasteiger partial charge in [0.1, 0.15) is 5.82 Å². The molecular formula is C21H30N4O. The summed E-state index contributed by atoms with van der Waals surface area (Å²) in [6, 6.07) is 10.6. The maximum atomic E-state index is 9.61. The first-order valence-corrected chi connectivity index (χ1v) is 9.37. The van der Waals surface area contributed by atoms with Crippen LogP contribution in [0.5, 0.6) is 0 Å². The summed E-state index contributed by atoms with van der Waals surface area (Å²) in [5.41, 5.74) is 3.67. The Balaban J connectivity index is 1.93. The zero-order valence-electron chi connectivity index (χ0n) is 16.5. The van der Waals surface area contributed by atoms with E-state index < -0.39 is 0 Å². The minimum atomic E-state index is -0.0558. The highest BCUT2D eigenvalue weighted by Crippen LogP contribution is 2.34. The Bertz CT molecular complexity index is 772. The lowest BCUT2D eigenvalue weighted by Crippen LogP contribution is -2.49. The van der Waals surface area contributed by atoms with E-state index in [9.17, 15) is 5.11 Å². The molecule has 2 aromatic rings. The lowest BCUT2D eigenvalue weighted by atomic mass is 9.85. The molecule has 0 unspecified atom stereocenters. The molecule has 0 spiro atoms. The molecule has 140 valence electrons. The molecular weight excluding hydrogens is 324 g/mol. The second kappa shape index (κ2) is 7.23. The average Bonchev–Trinajstić information content (AvgIpc) is 2.57. The predicted octanol–water partition coefficient (Wildman–Crippen LogP) is 3.56. The smallest absolute Gasteiger partial charge is 0.225 e. The Morgan fingerprint density at radius 3 is 2.54 bits per heavy atom. The Kier molecular flexibility index (Phi) is 5.19. The van der Waals surface area contributed by atoms with Crippen molar-refractivity contribution in [2.75, 3.05) is 16.8 Å². The van der Waals surface area contributed by atoms with E-state index in [4.69, 9.17) is 4.98 Å². The van der Waals surface area contributed by atoms with Crippen molar-refractivity contribution in [3.05, 3.63) is 47.2 Å². The fraction of sp³-hybridized carbons (Fsp3) is 0.524. The third-order valence-corrected chi connectivity index (χ3v) is 5.23. The number of nitrogens with one attached hydrogen (secondary N) is 1. The Morgan fingerprint density at radius 1 is 1.19 bits per heavy atom. The van der Waals surface area contributed by atoms with Gasteiger partial charge in [-0.05, 0) is 44.2 Å². The molecule has 1 aliphatic heterocycles. The minimum absolute atomic E-state index is 0.0269. The van der Waals surface area contributed by atoms with Crippen molar-refractivity contribution in [1.82, 2.24) is 9.97 Å². The summed E-state index contributed by atoms with van der Waals surface area (Å²) in [4.78, 5) is 11.7. The van der Waals surface area contributed by atoms with Gasteiger partial charge >= 0.3 is 0 Å². The van der Waals surface area contributed by atoms with Gasteiger partial charge in [0, 0.05) is 23.8 Å². The van der Waals surface area contributed by atoms with Gasteiger partial charge < -0.3 is 15.3 Å². The van der Waals surface area contributed by atoms with Crippen LogP contribution < -0.4 is 10.2 Å². The normalized spacial score (nSPS) is 17.1. The summed E-state index contributed by atoms with van der Waals surface area (Å²) in [5.74, 6) is 1.81. The third kappa shape index (κ3) is 3.83. The molecule has 1 atom stereocenters. The number of aliphatic hydroxyl groups is 1. The number of aryl methyl sites for hydroxylation is 1. The SMILES string of the molecule is Cc1cc(N2Cc3ccccc3CC2(C)C)nc(N[C@@H](CO)C(C)C)n1. The van der Waals surface area contributed by atoms with Crippen molar-refractivity contribution in [3.63, 3.8) is 0 Å². The molecule has 2 heterocycles. The summed E-state index contributed by atoms with van der Waals surface area (Å²) >= 11 is 0. The summed E-state index contributed by atoms with van der Waals surface area (Å²) < 4.78 is 0. The fourth-order valence-corrected chi connectivity index (χ4v) is 3.56. The van der Waals surface area contributed by atoms with E-state index >= 15 is 0 Å². The van der Waals surface area contributed by atoms with Crippen LogP contribution in [-0.4, -0.2) is 33.3 Å². The van der Waals surface area contributed by atoms with Crippen LogP contribution in [0.4, 0.5) is 11.8 Å². The molecule has 0 saturated heterocycles. The zero-order valence-corrected chi connectivity index (χ0v) is 16.5. The van der Waals surface area contributed by atoms with Gasteiger partial charge in [0.2, 0.25) is 5.95 Å². The van der Waals surface area contributed by atoms with Gasteiger partial charge in [-0.25, -0.2) is 4.98 Å². The lowest BCUT2D eigenvalue weighted by Gasteiger charge is -2.44. The molecule has 5 nitrogen and oxygen atoms in total. The van der Waals surface area contributed by atoms with E-state index in [-0.39, 0.29) is 18.2 Å². The van der Waals surface area contributed by atoms with Crippen molar-refractivity contribution >= 4 is 11.8 Å². The van der Waals surface area contributed by atoms with E-state index in [2.05, 4.69) is 67.2 Å². The van der Waals surface area contributed by atoms with Gasteiger partial charge in [0.15, 0.2) is 0 Å². The van der Waals surface area contributed by atoms with E-state index in [1.165, 1.54) is 11.1 Å². The van der Waals surface area contributed by atoms with Crippen molar-refractivity contribution in [1.29, 1.82) is 0 Å². The number of aliphatic hydroxyl groups excluding tert-OH is 1. The number of nitrogens with zero attached hydrogens (tertiary/aromatic N) is 3. The first kappa shape index (κ1) is 18.6. The quantitative estimate of drug-likeness (QED) is 0.860. The molecule has 1 aliphatic rings. The number of aromatic nitrogens is 2. The van der Waals surface area contributed by atoms with E-state index in [0.717, 1.165) is 24.5 Å². The second-order valence-corrected chi connectivity index (χ2v) is 8.21. The number of rotatable bonds is 5. The van der Waals surface area contributed by atoms with E-state index in [1.807, 2.05) is 13.0 Å². The standard InChI is InChI=1S/C21H30N4O/c1-14(2)18(13-26)23-20-22-15(3)10-19(24-20)25-12-17-9-7-6-8-16(17)11-21(25,4)5/h6-10,14,18,26H,11-13H2,1-5H3,(H,22,23,24)/t18-/m0/s1. The number of hydrogen-bond donors (Lipinski definition) is 2. The zero-order chi connectivity index (χ0) is 18.9. The highest BCUT2D eigenvalue weighted by molar-refractivity contribution is 5.51. The van der Waals surface area contributed by atoms with Gasteiger partial charge in [-0.15, -0.1) is 0 Å². The highest BCUT2D eigenvalue weighted by Gasteiger charge is 2.34. The molecule has 1 aromatic carbocycles. The Morgan fingerprint density at radius 2 is 1.88 bits per heavy atom. The van der Waals surface area contributed by atoms with Crippen molar-refractivity contribution in [3.8, 4) is 0 Å². The maximum Gasteiger partial charge on any atom is 0.225 e. The lowest BCUT2D eigenvalue weighted by molar-refractivity contribution is 0.248. The van der Waals surface area contributed by atoms with Crippen LogP contribution in [0.1, 0.15) is 44.5 Å². The topological polar surface area (TPSA) is 61.3 Å². The molecule has 0 fully saturated rings. The first-order valence-electron chi connectivity index (χ1n) is 9.37. The highest BCUT2D eigenvalue weighted by atomic mass is 16.3. The number of benzene rings is 1. The molecule has 0 radical (unpaired) electrons. The predicted molar refractivity (Wildman–Crippen MR) is 107 cm³/mol. The van der Waals surface area contributed by atoms with Crippen molar-refractivity contribution < 1.29 is 5.11 Å². The number of hydrogen-bond acceptors (Lipinski definition) is 5. The average molecular weight is 354 g/mol. The van der Waals surface area contributed by atoms with Gasteiger partial charge in [0.25, 0.3) is 0 Å². The van der Waals surface area contributed by atoms with Crippen molar-refractivity contribution in [2.24, 2.45) is 5.92 Å². The number of anilines is 2. The van der Waals surface area contributed by atoms with Crippen LogP contribution in [0.25, 0.3) is 0 Å². The summed E-state index contributed by atoms with van der Waals surface area (Å²) in [6.07, 6.45) is 0.986. The summed E-state index contributed by atoms with van der Waals surface area (Å²) in [5, 5.41) is 12.9. The third-order valence-electron chi connectivity index (χ3n) is 5.23. The van der Waals surface area contributed by atoms with Crippen LogP contribution in [0.15, 0.2) is 30.3 Å². The van der Waals surface area contributed by atoms with Crippen LogP contribution in [0, 0.1) is 12.8 Å².